The Morgan fingerprint density at radius 3 is 2.11 bits per heavy atom. The van der Waals surface area contributed by atoms with Gasteiger partial charge in [-0.05, 0) is 28.8 Å². The van der Waals surface area contributed by atoms with Crippen molar-refractivity contribution in [3.63, 3.8) is 0 Å². The van der Waals surface area contributed by atoms with Crippen molar-refractivity contribution in [2.45, 2.75) is 6.10 Å². The third kappa shape index (κ3) is 2.55. The first-order valence-corrected chi connectivity index (χ1v) is 5.55. The molecule has 2 nitrogen and oxygen atoms in total. The highest BCUT2D eigenvalue weighted by atomic mass is 19.2. The van der Waals surface area contributed by atoms with Gasteiger partial charge >= 0.3 is 0 Å². The van der Waals surface area contributed by atoms with Crippen LogP contribution < -0.4 is 5.73 Å². The van der Waals surface area contributed by atoms with Gasteiger partial charge in [-0.2, -0.15) is 0 Å². The molecule has 2 aromatic rings. The molecule has 0 fully saturated rings. The van der Waals surface area contributed by atoms with E-state index in [2.05, 4.69) is 0 Å². The van der Waals surface area contributed by atoms with Gasteiger partial charge in [-0.25, -0.2) is 8.78 Å². The molecule has 2 rings (SSSR count). The van der Waals surface area contributed by atoms with Gasteiger partial charge in [-0.15, -0.1) is 0 Å². The Hall–Kier alpha value is -1.78. The lowest BCUT2D eigenvalue weighted by molar-refractivity contribution is 0.187. The van der Waals surface area contributed by atoms with E-state index in [1.54, 1.807) is 24.3 Å². The Labute approximate surface area is 104 Å². The van der Waals surface area contributed by atoms with Crippen LogP contribution in [0.5, 0.6) is 0 Å². The Balaban J connectivity index is 2.31. The van der Waals surface area contributed by atoms with Crippen LogP contribution in [0.3, 0.4) is 0 Å². The van der Waals surface area contributed by atoms with E-state index in [1.807, 2.05) is 0 Å². The van der Waals surface area contributed by atoms with E-state index < -0.39 is 17.7 Å². The second-order valence-electron chi connectivity index (χ2n) is 4.00. The van der Waals surface area contributed by atoms with Crippen molar-refractivity contribution in [2.24, 2.45) is 5.73 Å². The average molecular weight is 249 g/mol. The van der Waals surface area contributed by atoms with E-state index in [-0.39, 0.29) is 6.54 Å². The predicted octanol–water partition coefficient (Wildman–Crippen LogP) is 2.62. The van der Waals surface area contributed by atoms with Crippen LogP contribution in [0, 0.1) is 11.6 Å². The Morgan fingerprint density at radius 1 is 0.944 bits per heavy atom. The molecule has 1 unspecified atom stereocenters. The Kier molecular flexibility index (Phi) is 3.69. The second kappa shape index (κ2) is 5.25. The molecular formula is C14H13F2NO. The first-order chi connectivity index (χ1) is 8.61. The maximum Gasteiger partial charge on any atom is 0.159 e. The van der Waals surface area contributed by atoms with Gasteiger partial charge in [-0.3, -0.25) is 0 Å². The van der Waals surface area contributed by atoms with E-state index in [0.29, 0.717) is 11.1 Å². The molecule has 0 radical (unpaired) electrons. The minimum atomic E-state index is -0.876. The lowest BCUT2D eigenvalue weighted by Crippen LogP contribution is -2.11. The Morgan fingerprint density at radius 2 is 1.56 bits per heavy atom. The molecule has 0 saturated carbocycles. The minimum absolute atomic E-state index is 0.143. The van der Waals surface area contributed by atoms with E-state index in [1.165, 1.54) is 6.07 Å². The molecule has 0 amide bonds. The summed E-state index contributed by atoms with van der Waals surface area (Å²) in [7, 11) is 0. The molecule has 94 valence electrons. The first-order valence-electron chi connectivity index (χ1n) is 5.55. The maximum atomic E-state index is 13.1. The van der Waals surface area contributed by atoms with Crippen molar-refractivity contribution >= 4 is 0 Å². The number of hydrogen-bond acceptors (Lipinski definition) is 2. The number of hydrogen-bond donors (Lipinski definition) is 2. The van der Waals surface area contributed by atoms with Crippen LogP contribution in [-0.4, -0.2) is 11.7 Å². The summed E-state index contributed by atoms with van der Waals surface area (Å²) in [4.78, 5) is 0. The van der Waals surface area contributed by atoms with Crippen molar-refractivity contribution in [1.29, 1.82) is 0 Å². The Bertz CT molecular complexity index is 540. The number of benzene rings is 2. The van der Waals surface area contributed by atoms with Crippen LogP contribution >= 0.6 is 0 Å². The molecule has 0 spiro atoms. The molecule has 0 aliphatic rings. The fourth-order valence-corrected chi connectivity index (χ4v) is 1.71. The number of aliphatic hydroxyl groups excluding tert-OH is 1. The zero-order chi connectivity index (χ0) is 13.1. The summed E-state index contributed by atoms with van der Waals surface area (Å²) >= 11 is 0. The molecule has 18 heavy (non-hydrogen) atoms. The smallest absolute Gasteiger partial charge is 0.159 e. The van der Waals surface area contributed by atoms with Crippen LogP contribution in [0.2, 0.25) is 0 Å². The fraction of sp³-hybridized carbons (Fsp3) is 0.143. The van der Waals surface area contributed by atoms with Gasteiger partial charge in [0.15, 0.2) is 11.6 Å². The molecule has 0 aliphatic heterocycles. The summed E-state index contributed by atoms with van der Waals surface area (Å²) in [6.07, 6.45) is -0.705. The first kappa shape index (κ1) is 12.7. The van der Waals surface area contributed by atoms with Crippen LogP contribution in [0.25, 0.3) is 11.1 Å². The van der Waals surface area contributed by atoms with Crippen LogP contribution in [0.15, 0.2) is 42.5 Å². The number of halogens is 2. The maximum absolute atomic E-state index is 13.1. The number of aliphatic hydroxyl groups is 1. The fourth-order valence-electron chi connectivity index (χ4n) is 1.71. The second-order valence-corrected chi connectivity index (χ2v) is 4.00. The lowest BCUT2D eigenvalue weighted by atomic mass is 10.0. The van der Waals surface area contributed by atoms with Crippen molar-refractivity contribution in [3.8, 4) is 11.1 Å². The number of nitrogens with two attached hydrogens (primary N) is 1. The van der Waals surface area contributed by atoms with Gasteiger partial charge in [0.05, 0.1) is 6.10 Å². The van der Waals surface area contributed by atoms with E-state index >= 15 is 0 Å². The highest BCUT2D eigenvalue weighted by Crippen LogP contribution is 2.23. The van der Waals surface area contributed by atoms with Gasteiger partial charge in [0.2, 0.25) is 0 Å². The summed E-state index contributed by atoms with van der Waals surface area (Å²) in [6, 6.07) is 10.6. The largest absolute Gasteiger partial charge is 0.387 e. The summed E-state index contributed by atoms with van der Waals surface area (Å²) in [5.74, 6) is -1.74. The molecular weight excluding hydrogens is 236 g/mol. The standard InChI is InChI=1S/C14H13F2NO/c15-12-6-5-11(7-13(12)16)9-1-3-10(4-2-9)14(18)8-17/h1-7,14,18H,8,17H2. The summed E-state index contributed by atoms with van der Waals surface area (Å²) < 4.78 is 25.9. The van der Waals surface area contributed by atoms with Crippen molar-refractivity contribution in [1.82, 2.24) is 0 Å². The third-order valence-electron chi connectivity index (χ3n) is 2.77. The topological polar surface area (TPSA) is 46.2 Å². The number of rotatable bonds is 3. The SMILES string of the molecule is NCC(O)c1ccc(-c2ccc(F)c(F)c2)cc1. The molecule has 2 aromatic carbocycles. The van der Waals surface area contributed by atoms with Gasteiger partial charge in [0, 0.05) is 6.54 Å². The molecule has 0 aromatic heterocycles. The van der Waals surface area contributed by atoms with Crippen LogP contribution in [0.4, 0.5) is 8.78 Å². The van der Waals surface area contributed by atoms with Crippen LogP contribution in [-0.2, 0) is 0 Å². The van der Waals surface area contributed by atoms with Gasteiger partial charge in [0.1, 0.15) is 0 Å². The van der Waals surface area contributed by atoms with Gasteiger partial charge in [-0.1, -0.05) is 30.3 Å². The predicted molar refractivity (Wildman–Crippen MR) is 65.8 cm³/mol. The minimum Gasteiger partial charge on any atom is -0.387 e. The van der Waals surface area contributed by atoms with E-state index in [9.17, 15) is 13.9 Å². The molecule has 0 heterocycles. The van der Waals surface area contributed by atoms with Crippen molar-refractivity contribution < 1.29 is 13.9 Å². The van der Waals surface area contributed by atoms with Crippen molar-refractivity contribution in [2.75, 3.05) is 6.54 Å². The summed E-state index contributed by atoms with van der Waals surface area (Å²) in [5, 5.41) is 9.54. The molecule has 1 atom stereocenters. The van der Waals surface area contributed by atoms with Gasteiger partial charge in [0.25, 0.3) is 0 Å². The summed E-state index contributed by atoms with van der Waals surface area (Å²) in [5.41, 5.74) is 7.38. The molecule has 0 bridgehead atoms. The highest BCUT2D eigenvalue weighted by molar-refractivity contribution is 5.63. The lowest BCUT2D eigenvalue weighted by Gasteiger charge is -2.09. The van der Waals surface area contributed by atoms with Crippen LogP contribution in [0.1, 0.15) is 11.7 Å². The van der Waals surface area contributed by atoms with Crippen molar-refractivity contribution in [3.05, 3.63) is 59.7 Å². The zero-order valence-electron chi connectivity index (χ0n) is 9.61. The van der Waals surface area contributed by atoms with Gasteiger partial charge < -0.3 is 10.8 Å². The molecule has 0 aliphatic carbocycles. The normalized spacial score (nSPS) is 12.4. The monoisotopic (exact) mass is 249 g/mol. The quantitative estimate of drug-likeness (QED) is 0.878. The molecule has 4 heteroatoms. The average Bonchev–Trinajstić information content (AvgIpc) is 2.41. The molecule has 0 saturated heterocycles. The van der Waals surface area contributed by atoms with E-state index in [4.69, 9.17) is 5.73 Å². The zero-order valence-corrected chi connectivity index (χ0v) is 9.61. The van der Waals surface area contributed by atoms with E-state index in [0.717, 1.165) is 17.7 Å². The third-order valence-corrected chi connectivity index (χ3v) is 2.77. The molecule has 3 N–H and O–H groups in total. The summed E-state index contributed by atoms with van der Waals surface area (Å²) in [6.45, 7) is 0.143. The highest BCUT2D eigenvalue weighted by Gasteiger charge is 2.07.